The summed E-state index contributed by atoms with van der Waals surface area (Å²) in [6, 6.07) is 7.93. The molecule has 0 aromatic heterocycles. The first-order chi connectivity index (χ1) is 20.7. The van der Waals surface area contributed by atoms with Gasteiger partial charge in [0, 0.05) is 5.72 Å². The molecule has 0 aliphatic carbocycles. The summed E-state index contributed by atoms with van der Waals surface area (Å²) >= 11 is 0. The second-order valence-corrected chi connectivity index (χ2v) is 17.6. The fourth-order valence-electron chi connectivity index (χ4n) is 6.49. The maximum Gasteiger partial charge on any atom is 0.466 e. The standard InChI is InChI=1S/C33H56B4O9/c1-25(2)26(3,4)40-34(39-25)24(35-41-27(5,6)28(7,8)42-35)33(22-18-20-23(38-17)21-19-22,36-43-29(9,10)30(11,12)44-36)37-45-31(13,14)32(15,16)46-37/h18-21,24H,1-17H3. The van der Waals surface area contributed by atoms with Crippen molar-refractivity contribution in [3.63, 3.8) is 0 Å². The lowest BCUT2D eigenvalue weighted by molar-refractivity contribution is 0.00578. The van der Waals surface area contributed by atoms with Gasteiger partial charge in [-0.05, 0) is 128 Å². The smallest absolute Gasteiger partial charge is 0.466 e. The molecule has 4 heterocycles. The topological polar surface area (TPSA) is 83.1 Å². The Morgan fingerprint density at radius 2 is 0.717 bits per heavy atom. The second-order valence-electron chi connectivity index (χ2n) is 17.6. The Balaban J connectivity index is 1.86. The van der Waals surface area contributed by atoms with Crippen LogP contribution in [-0.2, 0) is 42.4 Å². The molecule has 0 unspecified atom stereocenters. The monoisotopic (exact) mass is 640 g/mol. The molecule has 0 bridgehead atoms. The maximum atomic E-state index is 7.06. The number of rotatable bonds is 7. The molecule has 0 amide bonds. The summed E-state index contributed by atoms with van der Waals surface area (Å²) in [6.45, 7) is 32.8. The van der Waals surface area contributed by atoms with Crippen molar-refractivity contribution in [1.29, 1.82) is 0 Å². The van der Waals surface area contributed by atoms with Crippen LogP contribution in [0.5, 0.6) is 5.75 Å². The van der Waals surface area contributed by atoms with E-state index < -0.39 is 84.2 Å². The van der Waals surface area contributed by atoms with Crippen LogP contribution in [0.4, 0.5) is 0 Å². The zero-order chi connectivity index (χ0) is 34.7. The molecule has 4 saturated heterocycles. The summed E-state index contributed by atoms with van der Waals surface area (Å²) in [4.78, 5) is 0. The van der Waals surface area contributed by atoms with E-state index in [9.17, 15) is 0 Å². The van der Waals surface area contributed by atoms with Crippen LogP contribution >= 0.6 is 0 Å². The van der Waals surface area contributed by atoms with Crippen LogP contribution in [0.25, 0.3) is 0 Å². The minimum absolute atomic E-state index is 0.656. The van der Waals surface area contributed by atoms with Crippen LogP contribution in [0.3, 0.4) is 0 Å². The molecule has 0 radical (unpaired) electrons. The summed E-state index contributed by atoms with van der Waals surface area (Å²) in [5.41, 5.74) is -5.25. The first kappa shape index (κ1) is 36.2. The lowest BCUT2D eigenvalue weighted by Gasteiger charge is -2.44. The van der Waals surface area contributed by atoms with E-state index in [1.807, 2.05) is 79.7 Å². The fourth-order valence-corrected chi connectivity index (χ4v) is 6.49. The number of hydrogen-bond acceptors (Lipinski definition) is 9. The van der Waals surface area contributed by atoms with Crippen LogP contribution in [0.15, 0.2) is 24.3 Å². The highest BCUT2D eigenvalue weighted by molar-refractivity contribution is 6.81. The molecule has 4 aliphatic heterocycles. The van der Waals surface area contributed by atoms with Crippen molar-refractivity contribution < 1.29 is 42.0 Å². The summed E-state index contributed by atoms with van der Waals surface area (Å²) in [5.74, 6) is 0.711. The first-order valence-electron chi connectivity index (χ1n) is 16.7. The maximum absolute atomic E-state index is 7.06. The van der Waals surface area contributed by atoms with E-state index in [0.717, 1.165) is 5.56 Å². The van der Waals surface area contributed by atoms with E-state index >= 15 is 0 Å². The average Bonchev–Trinajstić information content (AvgIpc) is 3.42. The Hall–Kier alpha value is -1.04. The van der Waals surface area contributed by atoms with E-state index in [4.69, 9.17) is 42.0 Å². The Morgan fingerprint density at radius 1 is 0.457 bits per heavy atom. The number of methoxy groups -OCH3 is 1. The summed E-state index contributed by atoms with van der Waals surface area (Å²) in [6.07, 6.45) is 0. The SMILES string of the molecule is COc1ccc(C(B2OC(C)(C)C(C)(C)O2)(B2OC(C)(C)C(C)(C)O2)C(B2OC(C)(C)C(C)(C)O2)B2OC(C)(C)C(C)(C)O2)cc1. The van der Waals surface area contributed by atoms with Gasteiger partial charge in [0.25, 0.3) is 0 Å². The molecule has 5 rings (SSSR count). The van der Waals surface area contributed by atoms with Gasteiger partial charge in [-0.15, -0.1) is 0 Å². The minimum Gasteiger partial charge on any atom is -0.497 e. The highest BCUT2D eigenvalue weighted by atomic mass is 16.7. The van der Waals surface area contributed by atoms with Gasteiger partial charge in [0.2, 0.25) is 0 Å². The molecule has 0 atom stereocenters. The molecule has 9 nitrogen and oxygen atoms in total. The largest absolute Gasteiger partial charge is 0.497 e. The molecule has 4 aliphatic rings. The minimum atomic E-state index is -1.26. The van der Waals surface area contributed by atoms with E-state index in [1.54, 1.807) is 7.11 Å². The molecular formula is C33H56B4O9. The number of hydrogen-bond donors (Lipinski definition) is 0. The molecule has 0 saturated carbocycles. The molecule has 254 valence electrons. The number of benzene rings is 1. The van der Waals surface area contributed by atoms with Gasteiger partial charge in [0.15, 0.2) is 0 Å². The van der Waals surface area contributed by atoms with E-state index in [0.29, 0.717) is 5.75 Å². The molecule has 13 heteroatoms. The normalized spacial score (nSPS) is 28.4. The third-order valence-electron chi connectivity index (χ3n) is 12.6. The quantitative estimate of drug-likeness (QED) is 0.320. The van der Waals surface area contributed by atoms with Gasteiger partial charge < -0.3 is 42.0 Å². The second kappa shape index (κ2) is 10.7. The Morgan fingerprint density at radius 3 is 0.978 bits per heavy atom. The van der Waals surface area contributed by atoms with Gasteiger partial charge in [0.05, 0.1) is 57.1 Å². The average molecular weight is 640 g/mol. The van der Waals surface area contributed by atoms with Crippen LogP contribution in [0.1, 0.15) is 116 Å². The highest BCUT2D eigenvalue weighted by Gasteiger charge is 2.79. The molecule has 0 N–H and O–H groups in total. The van der Waals surface area contributed by atoms with Crippen molar-refractivity contribution in [2.24, 2.45) is 0 Å². The van der Waals surface area contributed by atoms with Crippen LogP contribution in [-0.4, -0.2) is 80.4 Å². The van der Waals surface area contributed by atoms with Gasteiger partial charge in [0.1, 0.15) is 5.75 Å². The van der Waals surface area contributed by atoms with E-state index in [1.165, 1.54) is 0 Å². The summed E-state index contributed by atoms with van der Waals surface area (Å²) in [7, 11) is -1.81. The zero-order valence-corrected chi connectivity index (χ0v) is 31.4. The molecular weight excluding hydrogens is 584 g/mol. The number of ether oxygens (including phenoxy) is 1. The highest BCUT2D eigenvalue weighted by Crippen LogP contribution is 2.59. The summed E-state index contributed by atoms with van der Waals surface area (Å²) in [5, 5.41) is -1.26. The van der Waals surface area contributed by atoms with Crippen LogP contribution in [0, 0.1) is 0 Å². The van der Waals surface area contributed by atoms with Crippen molar-refractivity contribution in [1.82, 2.24) is 0 Å². The van der Waals surface area contributed by atoms with Crippen LogP contribution in [0.2, 0.25) is 5.72 Å². The lowest BCUT2D eigenvalue weighted by atomic mass is 9.22. The van der Waals surface area contributed by atoms with E-state index in [2.05, 4.69) is 55.4 Å². The van der Waals surface area contributed by atoms with Gasteiger partial charge in [-0.2, -0.15) is 0 Å². The van der Waals surface area contributed by atoms with Crippen molar-refractivity contribution in [3.05, 3.63) is 29.8 Å². The lowest BCUT2D eigenvalue weighted by Crippen LogP contribution is -2.67. The zero-order valence-electron chi connectivity index (χ0n) is 31.4. The molecule has 4 fully saturated rings. The third kappa shape index (κ3) is 5.34. The first-order valence-corrected chi connectivity index (χ1v) is 16.7. The molecule has 46 heavy (non-hydrogen) atoms. The van der Waals surface area contributed by atoms with Gasteiger partial charge in [-0.1, -0.05) is 12.1 Å². The Bertz CT molecular complexity index is 1170. The van der Waals surface area contributed by atoms with Crippen molar-refractivity contribution in [2.45, 2.75) is 167 Å². The molecule has 1 aromatic rings. The summed E-state index contributed by atoms with van der Waals surface area (Å²) < 4.78 is 61.6. The van der Waals surface area contributed by atoms with Crippen molar-refractivity contribution in [2.75, 3.05) is 7.11 Å². The van der Waals surface area contributed by atoms with Crippen molar-refractivity contribution in [3.8, 4) is 5.75 Å². The fraction of sp³-hybridized carbons (Fsp3) is 0.818. The van der Waals surface area contributed by atoms with Gasteiger partial charge >= 0.3 is 28.5 Å². The van der Waals surface area contributed by atoms with Crippen molar-refractivity contribution >= 4 is 28.5 Å². The van der Waals surface area contributed by atoms with E-state index in [-0.39, 0.29) is 0 Å². The predicted octanol–water partition coefficient (Wildman–Crippen LogP) is 6.29. The Kier molecular flexibility index (Phi) is 8.45. The Labute approximate surface area is 279 Å². The molecule has 1 aromatic carbocycles. The molecule has 0 spiro atoms. The van der Waals surface area contributed by atoms with Gasteiger partial charge in [-0.25, -0.2) is 0 Å². The third-order valence-corrected chi connectivity index (χ3v) is 12.6. The van der Waals surface area contributed by atoms with Crippen LogP contribution < -0.4 is 4.74 Å². The van der Waals surface area contributed by atoms with Gasteiger partial charge in [-0.3, -0.25) is 0 Å². The predicted molar refractivity (Wildman–Crippen MR) is 183 cm³/mol.